The van der Waals surface area contributed by atoms with Gasteiger partial charge in [-0.3, -0.25) is 4.90 Å². The molecule has 1 aliphatic rings. The van der Waals surface area contributed by atoms with Gasteiger partial charge in [0.25, 0.3) is 0 Å². The topological polar surface area (TPSA) is 32.6 Å². The Balaban J connectivity index is 1.33. The zero-order valence-corrected chi connectivity index (χ0v) is 17.6. The number of halogens is 3. The van der Waals surface area contributed by atoms with Gasteiger partial charge in [0.1, 0.15) is 11.3 Å². The summed E-state index contributed by atoms with van der Waals surface area (Å²) in [5, 5.41) is 3.30. The number of hydrogen-bond donors (Lipinski definition) is 1. The molecule has 1 aromatic carbocycles. The SMILES string of the molecule is C=C(NCC(C)CN1CCc2ccccc2C1)c1cn2cc(S(F)(F)F)ccc2n1. The average molecular weight is 435 g/mol. The van der Waals surface area contributed by atoms with Crippen LogP contribution in [-0.2, 0) is 13.0 Å². The van der Waals surface area contributed by atoms with Crippen LogP contribution in [0.15, 0.2) is 60.3 Å². The van der Waals surface area contributed by atoms with Crippen LogP contribution in [0.5, 0.6) is 0 Å². The second kappa shape index (κ2) is 8.35. The van der Waals surface area contributed by atoms with Gasteiger partial charge < -0.3 is 9.72 Å². The van der Waals surface area contributed by atoms with Crippen LogP contribution in [0, 0.1) is 5.92 Å². The van der Waals surface area contributed by atoms with Gasteiger partial charge in [0, 0.05) is 38.6 Å². The van der Waals surface area contributed by atoms with Crippen molar-refractivity contribution in [1.29, 1.82) is 0 Å². The highest BCUT2D eigenvalue weighted by Crippen LogP contribution is 2.60. The molecule has 1 N–H and O–H groups in total. The minimum absolute atomic E-state index is 0.393. The largest absolute Gasteiger partial charge is 0.383 e. The van der Waals surface area contributed by atoms with E-state index in [0.29, 0.717) is 23.0 Å². The highest BCUT2D eigenvalue weighted by molar-refractivity contribution is 8.20. The summed E-state index contributed by atoms with van der Waals surface area (Å²) in [7, 11) is 0. The summed E-state index contributed by atoms with van der Waals surface area (Å²) in [5.74, 6) is 0.393. The Morgan fingerprint density at radius 2 is 1.93 bits per heavy atom. The van der Waals surface area contributed by atoms with Gasteiger partial charge in [0.15, 0.2) is 0 Å². The van der Waals surface area contributed by atoms with Gasteiger partial charge in [-0.1, -0.05) is 37.8 Å². The molecule has 0 saturated heterocycles. The Bertz CT molecular complexity index is 1060. The van der Waals surface area contributed by atoms with Gasteiger partial charge in [-0.25, -0.2) is 4.98 Å². The van der Waals surface area contributed by atoms with E-state index in [9.17, 15) is 11.7 Å². The molecule has 0 aliphatic carbocycles. The maximum absolute atomic E-state index is 13.0. The Morgan fingerprint density at radius 3 is 2.70 bits per heavy atom. The number of nitrogens with zero attached hydrogens (tertiary/aromatic N) is 3. The molecule has 8 heteroatoms. The van der Waals surface area contributed by atoms with E-state index in [2.05, 4.69) is 53.0 Å². The van der Waals surface area contributed by atoms with E-state index in [1.54, 1.807) is 6.20 Å². The first-order chi connectivity index (χ1) is 14.3. The molecule has 0 amide bonds. The summed E-state index contributed by atoms with van der Waals surface area (Å²) in [6.07, 6.45) is 3.75. The fraction of sp³-hybridized carbons (Fsp3) is 0.318. The third-order valence-corrected chi connectivity index (χ3v) is 6.22. The van der Waals surface area contributed by atoms with Gasteiger partial charge in [0.05, 0.1) is 10.6 Å². The first-order valence-corrected chi connectivity index (χ1v) is 11.3. The third kappa shape index (κ3) is 4.65. The lowest BCUT2D eigenvalue weighted by atomic mass is 9.99. The van der Waals surface area contributed by atoms with Crippen LogP contribution >= 0.6 is 11.2 Å². The average Bonchev–Trinajstić information content (AvgIpc) is 3.15. The second-order valence-corrected chi connectivity index (χ2v) is 9.17. The van der Waals surface area contributed by atoms with E-state index >= 15 is 0 Å². The highest BCUT2D eigenvalue weighted by Gasteiger charge is 2.25. The third-order valence-electron chi connectivity index (χ3n) is 5.44. The van der Waals surface area contributed by atoms with Crippen molar-refractivity contribution in [3.8, 4) is 0 Å². The highest BCUT2D eigenvalue weighted by atomic mass is 32.3. The number of imidazole rings is 1. The maximum Gasteiger partial charge on any atom is 0.239 e. The van der Waals surface area contributed by atoms with Crippen molar-refractivity contribution in [1.82, 2.24) is 19.6 Å². The maximum atomic E-state index is 13.0. The molecule has 2 aromatic heterocycles. The normalized spacial score (nSPS) is 16.3. The molecule has 160 valence electrons. The number of hydrogen-bond acceptors (Lipinski definition) is 3. The Kier molecular flexibility index (Phi) is 5.79. The molecule has 4 rings (SSSR count). The number of fused-ring (bicyclic) bond motifs is 2. The number of nitrogens with one attached hydrogen (secondary N) is 1. The molecule has 3 aromatic rings. The second-order valence-electron chi connectivity index (χ2n) is 7.88. The van der Waals surface area contributed by atoms with Crippen molar-refractivity contribution in [3.05, 3.63) is 72.2 Å². The summed E-state index contributed by atoms with van der Waals surface area (Å²) >= 11 is -5.25. The quantitative estimate of drug-likeness (QED) is 0.540. The van der Waals surface area contributed by atoms with Gasteiger partial charge >= 0.3 is 0 Å². The molecule has 0 fully saturated rings. The molecule has 1 aliphatic heterocycles. The van der Waals surface area contributed by atoms with Crippen molar-refractivity contribution in [2.24, 2.45) is 5.92 Å². The Morgan fingerprint density at radius 1 is 1.17 bits per heavy atom. The van der Waals surface area contributed by atoms with E-state index in [1.165, 1.54) is 21.6 Å². The zero-order chi connectivity index (χ0) is 21.3. The van der Waals surface area contributed by atoms with E-state index in [1.807, 2.05) is 0 Å². The number of pyridine rings is 1. The minimum Gasteiger partial charge on any atom is -0.383 e. The monoisotopic (exact) mass is 434 g/mol. The first kappa shape index (κ1) is 20.8. The molecule has 0 bridgehead atoms. The molecule has 4 nitrogen and oxygen atoms in total. The summed E-state index contributed by atoms with van der Waals surface area (Å²) in [6.45, 7) is 9.92. The zero-order valence-electron chi connectivity index (χ0n) is 16.8. The lowest BCUT2D eigenvalue weighted by Gasteiger charge is -2.31. The van der Waals surface area contributed by atoms with Crippen LogP contribution < -0.4 is 5.32 Å². The number of aromatic nitrogens is 2. The van der Waals surface area contributed by atoms with Crippen LogP contribution in [0.25, 0.3) is 11.3 Å². The molecule has 0 radical (unpaired) electrons. The fourth-order valence-electron chi connectivity index (χ4n) is 3.86. The Hall–Kier alpha value is -2.45. The molecule has 30 heavy (non-hydrogen) atoms. The van der Waals surface area contributed by atoms with Gasteiger partial charge in [-0.2, -0.15) is 0 Å². The molecular weight excluding hydrogens is 409 g/mol. The van der Waals surface area contributed by atoms with E-state index in [-0.39, 0.29) is 0 Å². The lowest BCUT2D eigenvalue weighted by molar-refractivity contribution is 0.220. The Labute approximate surface area is 176 Å². The van der Waals surface area contributed by atoms with Crippen molar-refractivity contribution in [2.75, 3.05) is 19.6 Å². The van der Waals surface area contributed by atoms with Gasteiger partial charge in [-0.15, -0.1) is 11.7 Å². The number of rotatable bonds is 7. The molecule has 1 atom stereocenters. The summed E-state index contributed by atoms with van der Waals surface area (Å²) in [5.41, 5.74) is 4.49. The van der Waals surface area contributed by atoms with Crippen molar-refractivity contribution in [2.45, 2.75) is 24.8 Å². The summed E-state index contributed by atoms with van der Waals surface area (Å²) in [4.78, 5) is 6.23. The van der Waals surface area contributed by atoms with E-state index < -0.39 is 16.1 Å². The number of benzene rings is 1. The van der Waals surface area contributed by atoms with Crippen LogP contribution in [0.2, 0.25) is 0 Å². The van der Waals surface area contributed by atoms with Crippen LogP contribution in [-0.4, -0.2) is 33.9 Å². The smallest absolute Gasteiger partial charge is 0.239 e. The van der Waals surface area contributed by atoms with Crippen LogP contribution in [0.4, 0.5) is 11.7 Å². The van der Waals surface area contributed by atoms with Crippen LogP contribution in [0.1, 0.15) is 23.7 Å². The van der Waals surface area contributed by atoms with Crippen molar-refractivity contribution >= 4 is 22.5 Å². The summed E-state index contributed by atoms with van der Waals surface area (Å²) in [6, 6.07) is 11.1. The van der Waals surface area contributed by atoms with Gasteiger partial charge in [0.2, 0.25) is 11.2 Å². The molecule has 1 unspecified atom stereocenters. The summed E-state index contributed by atoms with van der Waals surface area (Å²) < 4.78 is 40.4. The lowest BCUT2D eigenvalue weighted by Crippen LogP contribution is -2.36. The molecular formula is C22H25F3N4S. The van der Waals surface area contributed by atoms with E-state index in [0.717, 1.165) is 44.9 Å². The van der Waals surface area contributed by atoms with Crippen molar-refractivity contribution < 1.29 is 11.7 Å². The van der Waals surface area contributed by atoms with Crippen LogP contribution in [0.3, 0.4) is 0 Å². The van der Waals surface area contributed by atoms with E-state index in [4.69, 9.17) is 0 Å². The molecule has 0 saturated carbocycles. The van der Waals surface area contributed by atoms with Gasteiger partial charge in [-0.05, 0) is 35.6 Å². The molecule has 0 spiro atoms. The molecule has 3 heterocycles. The van der Waals surface area contributed by atoms with Crippen molar-refractivity contribution in [3.63, 3.8) is 0 Å². The predicted molar refractivity (Wildman–Crippen MR) is 116 cm³/mol. The minimum atomic E-state index is -5.25. The first-order valence-electron chi connectivity index (χ1n) is 9.93. The standard InChI is InChI=1S/C22H25F3N4S/c1-16(12-28-10-9-18-5-3-4-6-19(18)13-28)11-26-17(2)21-15-29-14-20(30(23,24)25)7-8-22(29)27-21/h3-8,14-16,26H,2,9-13H2,1H3. The fourth-order valence-corrected chi connectivity index (χ4v) is 4.31. The predicted octanol–water partition coefficient (Wildman–Crippen LogP) is 5.41.